The normalized spacial score (nSPS) is 19.6. The van der Waals surface area contributed by atoms with E-state index in [0.717, 1.165) is 16.9 Å². The summed E-state index contributed by atoms with van der Waals surface area (Å²) in [4.78, 5) is 27.1. The predicted octanol–water partition coefficient (Wildman–Crippen LogP) is 1.73. The number of hydrogen-bond donors (Lipinski definition) is 2. The lowest BCUT2D eigenvalue weighted by atomic mass is 10.0. The van der Waals surface area contributed by atoms with E-state index in [9.17, 15) is 9.59 Å². The number of benzene rings is 2. The molecule has 0 aliphatic carbocycles. The molecule has 2 aromatic carbocycles. The number of hydrogen-bond acceptors (Lipinski definition) is 4. The highest BCUT2D eigenvalue weighted by molar-refractivity contribution is 6.10. The van der Waals surface area contributed by atoms with Gasteiger partial charge in [-0.15, -0.1) is 0 Å². The molecule has 2 aromatic rings. The minimum Gasteiger partial charge on any atom is -0.497 e. The second kappa shape index (κ2) is 6.22. The molecule has 2 N–H and O–H groups in total. The summed E-state index contributed by atoms with van der Waals surface area (Å²) in [6, 6.07) is 12.8. The number of carbonyl (C=O) groups excluding carboxylic acids is 2. The summed E-state index contributed by atoms with van der Waals surface area (Å²) in [6.45, 7) is 1.71. The zero-order valence-electron chi connectivity index (χ0n) is 13.9. The molecule has 1 saturated heterocycles. The fourth-order valence-electron chi connectivity index (χ4n) is 3.35. The van der Waals surface area contributed by atoms with Gasteiger partial charge in [0.05, 0.1) is 18.4 Å². The van der Waals surface area contributed by atoms with E-state index in [4.69, 9.17) is 4.74 Å². The molecule has 128 valence electrons. The Kier molecular flexibility index (Phi) is 3.89. The van der Waals surface area contributed by atoms with Crippen LogP contribution in [0.15, 0.2) is 42.5 Å². The number of amides is 2. The average molecular weight is 337 g/mol. The third-order valence-electron chi connectivity index (χ3n) is 4.74. The maximum Gasteiger partial charge on any atom is 0.256 e. The van der Waals surface area contributed by atoms with Crippen molar-refractivity contribution in [1.82, 2.24) is 10.2 Å². The van der Waals surface area contributed by atoms with Crippen molar-refractivity contribution in [3.63, 3.8) is 0 Å². The van der Waals surface area contributed by atoms with Gasteiger partial charge in [0.15, 0.2) is 0 Å². The smallest absolute Gasteiger partial charge is 0.256 e. The Bertz CT molecular complexity index is 832. The monoisotopic (exact) mass is 337 g/mol. The van der Waals surface area contributed by atoms with E-state index >= 15 is 0 Å². The van der Waals surface area contributed by atoms with E-state index in [1.807, 2.05) is 36.4 Å². The highest BCUT2D eigenvalue weighted by Crippen LogP contribution is 2.30. The zero-order chi connectivity index (χ0) is 17.4. The third-order valence-corrected chi connectivity index (χ3v) is 4.74. The summed E-state index contributed by atoms with van der Waals surface area (Å²) >= 11 is 0. The third kappa shape index (κ3) is 2.74. The van der Waals surface area contributed by atoms with Gasteiger partial charge >= 0.3 is 0 Å². The molecule has 0 aromatic heterocycles. The Labute approximate surface area is 145 Å². The molecular weight excluding hydrogens is 318 g/mol. The molecule has 0 radical (unpaired) electrons. The quantitative estimate of drug-likeness (QED) is 0.876. The molecular formula is C19H19N3O3. The zero-order valence-corrected chi connectivity index (χ0v) is 13.9. The molecule has 6 heteroatoms. The molecule has 25 heavy (non-hydrogen) atoms. The number of piperazine rings is 1. The molecule has 6 nitrogen and oxygen atoms in total. The lowest BCUT2D eigenvalue weighted by Crippen LogP contribution is -2.57. The largest absolute Gasteiger partial charge is 0.497 e. The van der Waals surface area contributed by atoms with Crippen LogP contribution in [0.25, 0.3) is 11.1 Å². The van der Waals surface area contributed by atoms with Gasteiger partial charge in [-0.3, -0.25) is 9.59 Å². The van der Waals surface area contributed by atoms with Crippen molar-refractivity contribution < 1.29 is 14.3 Å². The molecule has 2 amide bonds. The van der Waals surface area contributed by atoms with Crippen LogP contribution >= 0.6 is 0 Å². The van der Waals surface area contributed by atoms with Crippen LogP contribution in [0.2, 0.25) is 0 Å². The fraction of sp³-hybridized carbons (Fsp3) is 0.263. The van der Waals surface area contributed by atoms with Crippen LogP contribution in [0, 0.1) is 0 Å². The van der Waals surface area contributed by atoms with Crippen LogP contribution in [0.3, 0.4) is 0 Å². The molecule has 2 aliphatic rings. The number of rotatable bonds is 2. The first-order valence-corrected chi connectivity index (χ1v) is 8.28. The molecule has 0 spiro atoms. The summed E-state index contributed by atoms with van der Waals surface area (Å²) in [5.74, 6) is 0.539. The Morgan fingerprint density at radius 1 is 1.08 bits per heavy atom. The SMILES string of the molecule is COc1ccc(-c2ccc3c(c2)C(=O)N2CCNC[C@H]2C(=O)N3)cc1. The first-order chi connectivity index (χ1) is 12.2. The lowest BCUT2D eigenvalue weighted by Gasteiger charge is -2.33. The van der Waals surface area contributed by atoms with E-state index in [-0.39, 0.29) is 11.8 Å². The van der Waals surface area contributed by atoms with Gasteiger partial charge in [0.1, 0.15) is 11.8 Å². The van der Waals surface area contributed by atoms with Crippen molar-refractivity contribution in [2.75, 3.05) is 32.1 Å². The Balaban J connectivity index is 1.74. The van der Waals surface area contributed by atoms with E-state index in [2.05, 4.69) is 10.6 Å². The topological polar surface area (TPSA) is 70.7 Å². The number of nitrogens with one attached hydrogen (secondary N) is 2. The molecule has 1 fully saturated rings. The number of fused-ring (bicyclic) bond motifs is 2. The summed E-state index contributed by atoms with van der Waals surface area (Å²) in [6.07, 6.45) is 0. The number of nitrogens with zero attached hydrogens (tertiary/aromatic N) is 1. The molecule has 0 unspecified atom stereocenters. The van der Waals surface area contributed by atoms with Crippen LogP contribution < -0.4 is 15.4 Å². The summed E-state index contributed by atoms with van der Waals surface area (Å²) < 4.78 is 5.19. The second-order valence-electron chi connectivity index (χ2n) is 6.20. The van der Waals surface area contributed by atoms with Crippen molar-refractivity contribution >= 4 is 17.5 Å². The molecule has 1 atom stereocenters. The van der Waals surface area contributed by atoms with Gasteiger partial charge in [0.2, 0.25) is 5.91 Å². The standard InChI is InChI=1S/C19H19N3O3/c1-25-14-5-2-12(3-6-14)13-4-7-16-15(10-13)19(24)22-9-8-20-11-17(22)18(23)21-16/h2-7,10,17,20H,8-9,11H2,1H3,(H,21,23)/t17-/m0/s1. The Morgan fingerprint density at radius 2 is 1.84 bits per heavy atom. The first kappa shape index (κ1) is 15.7. The average Bonchev–Trinajstić information content (AvgIpc) is 2.77. The van der Waals surface area contributed by atoms with E-state index < -0.39 is 6.04 Å². The van der Waals surface area contributed by atoms with Crippen molar-refractivity contribution in [2.45, 2.75) is 6.04 Å². The van der Waals surface area contributed by atoms with Crippen LogP contribution in [0.1, 0.15) is 10.4 Å². The van der Waals surface area contributed by atoms with Crippen molar-refractivity contribution in [1.29, 1.82) is 0 Å². The van der Waals surface area contributed by atoms with E-state index in [1.54, 1.807) is 18.1 Å². The second-order valence-corrected chi connectivity index (χ2v) is 6.20. The van der Waals surface area contributed by atoms with Gasteiger partial charge in [-0.25, -0.2) is 0 Å². The van der Waals surface area contributed by atoms with Gasteiger partial charge in [-0.05, 0) is 35.4 Å². The first-order valence-electron chi connectivity index (χ1n) is 8.28. The summed E-state index contributed by atoms with van der Waals surface area (Å²) in [5.41, 5.74) is 3.02. The number of methoxy groups -OCH3 is 1. The number of carbonyl (C=O) groups is 2. The molecule has 2 heterocycles. The van der Waals surface area contributed by atoms with Crippen LogP contribution in [0.4, 0.5) is 5.69 Å². The Hall–Kier alpha value is -2.86. The molecule has 2 aliphatic heterocycles. The van der Waals surface area contributed by atoms with Crippen LogP contribution in [0.5, 0.6) is 5.75 Å². The minimum absolute atomic E-state index is 0.102. The van der Waals surface area contributed by atoms with Gasteiger partial charge in [-0.2, -0.15) is 0 Å². The number of ether oxygens (including phenoxy) is 1. The van der Waals surface area contributed by atoms with Gasteiger partial charge in [0.25, 0.3) is 5.91 Å². The molecule has 0 saturated carbocycles. The van der Waals surface area contributed by atoms with E-state index in [1.165, 1.54) is 0 Å². The summed E-state index contributed by atoms with van der Waals surface area (Å²) in [7, 11) is 1.63. The highest BCUT2D eigenvalue weighted by Gasteiger charge is 2.36. The molecule has 0 bridgehead atoms. The van der Waals surface area contributed by atoms with Crippen molar-refractivity contribution in [3.05, 3.63) is 48.0 Å². The van der Waals surface area contributed by atoms with Crippen LogP contribution in [-0.4, -0.2) is 49.5 Å². The minimum atomic E-state index is -0.460. The Morgan fingerprint density at radius 3 is 2.60 bits per heavy atom. The van der Waals surface area contributed by atoms with Gasteiger partial charge < -0.3 is 20.3 Å². The number of anilines is 1. The fourth-order valence-corrected chi connectivity index (χ4v) is 3.35. The lowest BCUT2D eigenvalue weighted by molar-refractivity contribution is -0.120. The summed E-state index contributed by atoms with van der Waals surface area (Å²) in [5, 5.41) is 6.06. The van der Waals surface area contributed by atoms with Crippen molar-refractivity contribution in [2.24, 2.45) is 0 Å². The van der Waals surface area contributed by atoms with E-state index in [0.29, 0.717) is 30.9 Å². The maximum absolute atomic E-state index is 13.0. The van der Waals surface area contributed by atoms with Crippen molar-refractivity contribution in [3.8, 4) is 16.9 Å². The molecule has 4 rings (SSSR count). The predicted molar refractivity (Wildman–Crippen MR) is 94.8 cm³/mol. The highest BCUT2D eigenvalue weighted by atomic mass is 16.5. The van der Waals surface area contributed by atoms with Crippen LogP contribution in [-0.2, 0) is 4.79 Å². The van der Waals surface area contributed by atoms with Gasteiger partial charge in [-0.1, -0.05) is 18.2 Å². The van der Waals surface area contributed by atoms with Gasteiger partial charge in [0, 0.05) is 19.6 Å². The maximum atomic E-state index is 13.0.